The van der Waals surface area contributed by atoms with E-state index < -0.39 is 22.1 Å². The second-order valence-electron chi connectivity index (χ2n) is 6.88. The van der Waals surface area contributed by atoms with Crippen molar-refractivity contribution in [1.82, 2.24) is 4.98 Å². The summed E-state index contributed by atoms with van der Waals surface area (Å²) in [6.07, 6.45) is 1.58. The van der Waals surface area contributed by atoms with Crippen molar-refractivity contribution in [2.24, 2.45) is 0 Å². The van der Waals surface area contributed by atoms with Gasteiger partial charge in [0.2, 0.25) is 15.8 Å². The van der Waals surface area contributed by atoms with E-state index in [1.807, 2.05) is 24.3 Å². The van der Waals surface area contributed by atoms with Crippen LogP contribution in [0.15, 0.2) is 48.5 Å². The summed E-state index contributed by atoms with van der Waals surface area (Å²) >= 11 is 1.61. The molecule has 0 amide bonds. The highest BCUT2D eigenvalue weighted by molar-refractivity contribution is 7.92. The predicted molar refractivity (Wildman–Crippen MR) is 117 cm³/mol. The van der Waals surface area contributed by atoms with Gasteiger partial charge in [-0.15, -0.1) is 11.3 Å². The monoisotopic (exact) mass is 446 g/mol. The highest BCUT2D eigenvalue weighted by atomic mass is 32.2. The van der Waals surface area contributed by atoms with E-state index >= 15 is 0 Å². The fourth-order valence-corrected chi connectivity index (χ4v) is 4.45. The van der Waals surface area contributed by atoms with Gasteiger partial charge in [0.05, 0.1) is 21.5 Å². The number of rotatable bonds is 9. The molecule has 0 aliphatic rings. The Balaban J connectivity index is 1.47. The summed E-state index contributed by atoms with van der Waals surface area (Å²) in [7, 11) is -3.39. The van der Waals surface area contributed by atoms with Crippen LogP contribution < -0.4 is 4.72 Å². The van der Waals surface area contributed by atoms with Gasteiger partial charge in [0, 0.05) is 17.7 Å². The Morgan fingerprint density at radius 1 is 1.13 bits per heavy atom. The molecule has 1 aromatic heterocycles. The van der Waals surface area contributed by atoms with Crippen molar-refractivity contribution in [2.75, 3.05) is 11.0 Å². The summed E-state index contributed by atoms with van der Waals surface area (Å²) in [6.45, 7) is 1.52. The number of hydrogen-bond acceptors (Lipinski definition) is 7. The number of thiazole rings is 1. The number of carbonyl (C=O) groups is 2. The number of para-hydroxylation sites is 1. The average molecular weight is 447 g/mol. The number of ether oxygens (including phenoxy) is 1. The summed E-state index contributed by atoms with van der Waals surface area (Å²) in [5.74, 6) is -0.784. The fourth-order valence-electron chi connectivity index (χ4n) is 2.87. The summed E-state index contributed by atoms with van der Waals surface area (Å²) in [5.41, 5.74) is 1.65. The molecule has 0 spiro atoms. The van der Waals surface area contributed by atoms with Crippen LogP contribution in [0.5, 0.6) is 0 Å². The zero-order chi connectivity index (χ0) is 21.7. The summed E-state index contributed by atoms with van der Waals surface area (Å²) in [4.78, 5) is 29.1. The number of hydrogen-bond donors (Lipinski definition) is 1. The second-order valence-corrected chi connectivity index (χ2v) is 9.74. The Bertz CT molecular complexity index is 1120. The first-order valence-electron chi connectivity index (χ1n) is 9.37. The van der Waals surface area contributed by atoms with Crippen molar-refractivity contribution in [2.45, 2.75) is 32.3 Å². The Morgan fingerprint density at radius 3 is 2.50 bits per heavy atom. The van der Waals surface area contributed by atoms with E-state index in [1.165, 1.54) is 31.2 Å². The van der Waals surface area contributed by atoms with Crippen LogP contribution in [-0.2, 0) is 26.0 Å². The lowest BCUT2D eigenvalue weighted by molar-refractivity contribution is -0.146. The lowest BCUT2D eigenvalue weighted by Gasteiger charge is -2.12. The van der Waals surface area contributed by atoms with Crippen LogP contribution in [0, 0.1) is 0 Å². The Hall–Kier alpha value is -2.78. The number of aromatic nitrogens is 1. The molecule has 158 valence electrons. The Kier molecular flexibility index (Phi) is 6.84. The number of Topliss-reactive ketones (excluding diaryl/α,β-unsaturated/α-hetero) is 1. The zero-order valence-corrected chi connectivity index (χ0v) is 18.3. The molecule has 0 saturated heterocycles. The van der Waals surface area contributed by atoms with Crippen molar-refractivity contribution in [3.63, 3.8) is 0 Å². The van der Waals surface area contributed by atoms with Crippen molar-refractivity contribution >= 4 is 49.0 Å². The van der Waals surface area contributed by atoms with Crippen molar-refractivity contribution in [3.8, 4) is 0 Å². The van der Waals surface area contributed by atoms with Gasteiger partial charge in [0.25, 0.3) is 0 Å². The smallest absolute Gasteiger partial charge is 0.306 e. The van der Waals surface area contributed by atoms with Gasteiger partial charge >= 0.3 is 5.97 Å². The summed E-state index contributed by atoms with van der Waals surface area (Å²) in [5, 5.41) is 0.968. The van der Waals surface area contributed by atoms with Crippen LogP contribution in [0.4, 0.5) is 5.69 Å². The van der Waals surface area contributed by atoms with Crippen LogP contribution >= 0.6 is 11.3 Å². The number of anilines is 1. The maximum atomic E-state index is 12.4. The predicted octanol–water partition coefficient (Wildman–Crippen LogP) is 3.81. The first-order chi connectivity index (χ1) is 14.2. The zero-order valence-electron chi connectivity index (χ0n) is 16.6. The average Bonchev–Trinajstić information content (AvgIpc) is 3.09. The number of ketones is 1. The molecule has 1 unspecified atom stereocenters. The van der Waals surface area contributed by atoms with Crippen molar-refractivity contribution in [1.29, 1.82) is 0 Å². The van der Waals surface area contributed by atoms with Gasteiger partial charge in [0.15, 0.2) is 6.10 Å². The van der Waals surface area contributed by atoms with Gasteiger partial charge in [-0.1, -0.05) is 12.1 Å². The SMILES string of the molecule is CC(OC(=O)CCCc1nc2ccccc2s1)C(=O)c1ccc(NS(C)(=O)=O)cc1. The lowest BCUT2D eigenvalue weighted by Crippen LogP contribution is -2.24. The van der Waals surface area contributed by atoms with E-state index in [4.69, 9.17) is 4.74 Å². The molecule has 2 aromatic carbocycles. The largest absolute Gasteiger partial charge is 0.454 e. The minimum atomic E-state index is -3.39. The van der Waals surface area contributed by atoms with Gasteiger partial charge in [-0.25, -0.2) is 13.4 Å². The molecule has 0 bridgehead atoms. The van der Waals surface area contributed by atoms with Crippen LogP contribution in [0.1, 0.15) is 35.1 Å². The highest BCUT2D eigenvalue weighted by Gasteiger charge is 2.19. The van der Waals surface area contributed by atoms with E-state index in [9.17, 15) is 18.0 Å². The number of nitrogens with one attached hydrogen (secondary N) is 1. The van der Waals surface area contributed by atoms with Gasteiger partial charge in [-0.2, -0.15) is 0 Å². The number of sulfonamides is 1. The van der Waals surface area contributed by atoms with Gasteiger partial charge in [0.1, 0.15) is 0 Å². The van der Waals surface area contributed by atoms with Crippen LogP contribution in [0.3, 0.4) is 0 Å². The van der Waals surface area contributed by atoms with E-state index in [0.717, 1.165) is 21.5 Å². The molecule has 9 heteroatoms. The van der Waals surface area contributed by atoms with E-state index in [0.29, 0.717) is 24.1 Å². The van der Waals surface area contributed by atoms with E-state index in [-0.39, 0.29) is 12.2 Å². The molecule has 30 heavy (non-hydrogen) atoms. The molecule has 0 radical (unpaired) electrons. The maximum absolute atomic E-state index is 12.4. The molecular weight excluding hydrogens is 424 g/mol. The van der Waals surface area contributed by atoms with Crippen molar-refractivity contribution in [3.05, 3.63) is 59.1 Å². The molecule has 0 aliphatic heterocycles. The third kappa shape index (κ3) is 6.11. The molecule has 0 fully saturated rings. The van der Waals surface area contributed by atoms with Crippen LogP contribution in [0.2, 0.25) is 0 Å². The molecule has 7 nitrogen and oxygen atoms in total. The molecule has 3 rings (SSSR count). The molecule has 3 aromatic rings. The number of fused-ring (bicyclic) bond motifs is 1. The minimum Gasteiger partial charge on any atom is -0.454 e. The molecular formula is C21H22N2O5S2. The number of aryl methyl sites for hydroxylation is 1. The van der Waals surface area contributed by atoms with Crippen LogP contribution in [-0.4, -0.2) is 37.5 Å². The first kappa shape index (κ1) is 21.9. The number of benzene rings is 2. The Morgan fingerprint density at radius 2 is 1.83 bits per heavy atom. The maximum Gasteiger partial charge on any atom is 0.306 e. The fraction of sp³-hybridized carbons (Fsp3) is 0.286. The summed E-state index contributed by atoms with van der Waals surface area (Å²) < 4.78 is 31.2. The molecule has 1 heterocycles. The molecule has 1 N–H and O–H groups in total. The number of carbonyl (C=O) groups excluding carboxylic acids is 2. The van der Waals surface area contributed by atoms with Crippen LogP contribution in [0.25, 0.3) is 10.2 Å². The summed E-state index contributed by atoms with van der Waals surface area (Å²) in [6, 6.07) is 13.8. The van der Waals surface area contributed by atoms with E-state index in [1.54, 1.807) is 11.3 Å². The second kappa shape index (κ2) is 9.36. The van der Waals surface area contributed by atoms with Gasteiger partial charge < -0.3 is 4.74 Å². The van der Waals surface area contributed by atoms with Gasteiger partial charge in [-0.3, -0.25) is 14.3 Å². The van der Waals surface area contributed by atoms with Crippen molar-refractivity contribution < 1.29 is 22.7 Å². The standard InChI is InChI=1S/C21H22N2O5S2/c1-14(21(25)15-10-12-16(13-11-15)23-30(2,26)27)28-20(24)9-5-8-19-22-17-6-3-4-7-18(17)29-19/h3-4,6-7,10-14,23H,5,8-9H2,1-2H3. The van der Waals surface area contributed by atoms with E-state index in [2.05, 4.69) is 9.71 Å². The topological polar surface area (TPSA) is 102 Å². The Labute approximate surface area is 179 Å². The number of esters is 1. The highest BCUT2D eigenvalue weighted by Crippen LogP contribution is 2.23. The third-order valence-corrected chi connectivity index (χ3v) is 5.96. The van der Waals surface area contributed by atoms with Gasteiger partial charge in [-0.05, 0) is 56.2 Å². The normalized spacial score (nSPS) is 12.5. The minimum absolute atomic E-state index is 0.199. The lowest BCUT2D eigenvalue weighted by atomic mass is 10.1. The quantitative estimate of drug-likeness (QED) is 0.396. The molecule has 0 aliphatic carbocycles. The molecule has 1 atom stereocenters. The first-order valence-corrected chi connectivity index (χ1v) is 12.1. The molecule has 0 saturated carbocycles. The number of nitrogens with zero attached hydrogens (tertiary/aromatic N) is 1. The third-order valence-electron chi connectivity index (χ3n) is 4.26.